The minimum Gasteiger partial charge on any atom is -0.495 e. The fourth-order valence-electron chi connectivity index (χ4n) is 2.91. The number of thioether (sulfide) groups is 1. The zero-order valence-electron chi connectivity index (χ0n) is 16.9. The van der Waals surface area contributed by atoms with Gasteiger partial charge in [0.1, 0.15) is 5.75 Å². The smallest absolute Gasteiger partial charge is 0.255 e. The minimum absolute atomic E-state index is 0.107. The van der Waals surface area contributed by atoms with Crippen LogP contribution in [0.2, 0.25) is 5.02 Å². The first-order valence-corrected chi connectivity index (χ1v) is 10.6. The van der Waals surface area contributed by atoms with Crippen LogP contribution in [0.3, 0.4) is 0 Å². The molecule has 1 amide bonds. The molecule has 1 heterocycles. The van der Waals surface area contributed by atoms with Crippen LogP contribution in [0.5, 0.6) is 5.75 Å². The number of aryl methyl sites for hydroxylation is 2. The molecule has 0 bridgehead atoms. The average Bonchev–Trinajstić information content (AvgIpc) is 2.71. The van der Waals surface area contributed by atoms with Crippen molar-refractivity contribution in [2.24, 2.45) is 0 Å². The van der Waals surface area contributed by atoms with E-state index in [1.54, 1.807) is 32.2 Å². The number of carbonyl (C=O) groups excluding carboxylic acids is 1. The molecule has 0 saturated heterocycles. The molecule has 0 radical (unpaired) electrons. The maximum absolute atomic E-state index is 12.5. The summed E-state index contributed by atoms with van der Waals surface area (Å²) in [5.74, 6) is 0.484. The SMILES string of the molecule is COc1ccc(C)cc1NC(=O)CSc1nc(C)c(Cc2ccc(Cl)cc2)c(=O)[nH]1. The second kappa shape index (κ2) is 9.82. The van der Waals surface area contributed by atoms with Gasteiger partial charge in [0.2, 0.25) is 5.91 Å². The van der Waals surface area contributed by atoms with Gasteiger partial charge in [0.05, 0.1) is 18.6 Å². The third-order valence-electron chi connectivity index (χ3n) is 4.46. The van der Waals surface area contributed by atoms with Crippen molar-refractivity contribution in [3.63, 3.8) is 0 Å². The first kappa shape index (κ1) is 21.9. The van der Waals surface area contributed by atoms with Crippen LogP contribution in [-0.2, 0) is 11.2 Å². The van der Waals surface area contributed by atoms with Crippen LogP contribution in [0.1, 0.15) is 22.4 Å². The maximum atomic E-state index is 12.5. The number of carbonyl (C=O) groups is 1. The Morgan fingerprint density at radius 3 is 2.60 bits per heavy atom. The lowest BCUT2D eigenvalue weighted by atomic mass is 10.1. The van der Waals surface area contributed by atoms with E-state index in [2.05, 4.69) is 15.3 Å². The lowest BCUT2D eigenvalue weighted by molar-refractivity contribution is -0.113. The quantitative estimate of drug-likeness (QED) is 0.418. The number of nitrogens with zero attached hydrogens (tertiary/aromatic N) is 1. The number of aromatic nitrogens is 2. The van der Waals surface area contributed by atoms with Crippen LogP contribution in [0.25, 0.3) is 0 Å². The predicted molar refractivity (Wildman–Crippen MR) is 121 cm³/mol. The molecule has 2 aromatic carbocycles. The molecule has 0 fully saturated rings. The van der Waals surface area contributed by atoms with Gasteiger partial charge in [0.15, 0.2) is 5.16 Å². The minimum atomic E-state index is -0.213. The molecular formula is C22H22ClN3O3S. The first-order chi connectivity index (χ1) is 14.4. The van der Waals surface area contributed by atoms with Gasteiger partial charge in [0, 0.05) is 22.7 Å². The number of halogens is 1. The number of amides is 1. The highest BCUT2D eigenvalue weighted by Gasteiger charge is 2.12. The number of nitrogens with one attached hydrogen (secondary N) is 2. The highest BCUT2D eigenvalue weighted by Crippen LogP contribution is 2.25. The number of methoxy groups -OCH3 is 1. The number of aromatic amines is 1. The van der Waals surface area contributed by atoms with E-state index in [-0.39, 0.29) is 17.2 Å². The van der Waals surface area contributed by atoms with Gasteiger partial charge in [-0.1, -0.05) is 41.6 Å². The fourth-order valence-corrected chi connectivity index (χ4v) is 3.74. The van der Waals surface area contributed by atoms with Gasteiger partial charge < -0.3 is 15.0 Å². The summed E-state index contributed by atoms with van der Waals surface area (Å²) in [7, 11) is 1.55. The Labute approximate surface area is 184 Å². The van der Waals surface area contributed by atoms with Crippen molar-refractivity contribution in [1.29, 1.82) is 0 Å². The molecule has 0 aliphatic carbocycles. The first-order valence-electron chi connectivity index (χ1n) is 9.27. The Balaban J connectivity index is 1.66. The second-order valence-corrected chi connectivity index (χ2v) is 8.18. The Kier molecular flexibility index (Phi) is 7.18. The van der Waals surface area contributed by atoms with Crippen molar-refractivity contribution in [3.05, 3.63) is 80.2 Å². The molecule has 0 aliphatic heterocycles. The van der Waals surface area contributed by atoms with Crippen molar-refractivity contribution in [2.45, 2.75) is 25.4 Å². The van der Waals surface area contributed by atoms with E-state index in [1.165, 1.54) is 11.8 Å². The highest BCUT2D eigenvalue weighted by atomic mass is 35.5. The topological polar surface area (TPSA) is 84.1 Å². The third-order valence-corrected chi connectivity index (χ3v) is 5.59. The monoisotopic (exact) mass is 443 g/mol. The zero-order chi connectivity index (χ0) is 21.7. The van der Waals surface area contributed by atoms with Gasteiger partial charge >= 0.3 is 0 Å². The van der Waals surface area contributed by atoms with Crippen LogP contribution in [0, 0.1) is 13.8 Å². The number of benzene rings is 2. The van der Waals surface area contributed by atoms with Crippen molar-refractivity contribution >= 4 is 35.0 Å². The van der Waals surface area contributed by atoms with Crippen molar-refractivity contribution in [1.82, 2.24) is 9.97 Å². The van der Waals surface area contributed by atoms with Crippen molar-refractivity contribution in [3.8, 4) is 5.75 Å². The van der Waals surface area contributed by atoms with Crippen molar-refractivity contribution < 1.29 is 9.53 Å². The molecule has 3 rings (SSSR count). The lowest BCUT2D eigenvalue weighted by Crippen LogP contribution is -2.19. The molecule has 30 heavy (non-hydrogen) atoms. The van der Waals surface area contributed by atoms with Gasteiger partial charge in [-0.25, -0.2) is 4.98 Å². The highest BCUT2D eigenvalue weighted by molar-refractivity contribution is 7.99. The molecule has 156 valence electrons. The Morgan fingerprint density at radius 1 is 1.20 bits per heavy atom. The normalized spacial score (nSPS) is 10.7. The Morgan fingerprint density at radius 2 is 1.93 bits per heavy atom. The van der Waals surface area contributed by atoms with Crippen LogP contribution >= 0.6 is 23.4 Å². The molecule has 8 heteroatoms. The summed E-state index contributed by atoms with van der Waals surface area (Å²) in [5.41, 5.74) is 3.62. The lowest BCUT2D eigenvalue weighted by Gasteiger charge is -2.11. The van der Waals surface area contributed by atoms with E-state index in [0.29, 0.717) is 39.3 Å². The Bertz CT molecular complexity index is 1110. The van der Waals surface area contributed by atoms with E-state index in [9.17, 15) is 9.59 Å². The van der Waals surface area contributed by atoms with Gasteiger partial charge in [-0.15, -0.1) is 0 Å². The summed E-state index contributed by atoms with van der Waals surface area (Å²) in [4.78, 5) is 32.1. The van der Waals surface area contributed by atoms with Crippen LogP contribution in [-0.4, -0.2) is 28.7 Å². The standard InChI is InChI=1S/C22H22ClN3O3S/c1-13-4-9-19(29-3)18(10-13)25-20(27)12-30-22-24-14(2)17(21(28)26-22)11-15-5-7-16(23)8-6-15/h4-10H,11-12H2,1-3H3,(H,25,27)(H,24,26,28). The average molecular weight is 444 g/mol. The van der Waals surface area contributed by atoms with E-state index in [4.69, 9.17) is 16.3 Å². The molecule has 6 nitrogen and oxygen atoms in total. The van der Waals surface area contributed by atoms with Gasteiger partial charge in [0.25, 0.3) is 5.56 Å². The molecule has 2 N–H and O–H groups in total. The van der Waals surface area contributed by atoms with Crippen LogP contribution in [0.15, 0.2) is 52.4 Å². The Hall–Kier alpha value is -2.77. The molecule has 0 saturated carbocycles. The number of H-pyrrole nitrogens is 1. The summed E-state index contributed by atoms with van der Waals surface area (Å²) in [6.45, 7) is 3.73. The number of rotatable bonds is 7. The molecule has 1 aromatic heterocycles. The maximum Gasteiger partial charge on any atom is 0.255 e. The number of ether oxygens (including phenoxy) is 1. The van der Waals surface area contributed by atoms with E-state index in [0.717, 1.165) is 11.1 Å². The summed E-state index contributed by atoms with van der Waals surface area (Å²) in [6, 6.07) is 12.9. The summed E-state index contributed by atoms with van der Waals surface area (Å²) >= 11 is 7.09. The number of anilines is 1. The van der Waals surface area contributed by atoms with E-state index < -0.39 is 0 Å². The van der Waals surface area contributed by atoms with Gasteiger partial charge in [-0.2, -0.15) is 0 Å². The van der Waals surface area contributed by atoms with E-state index >= 15 is 0 Å². The largest absolute Gasteiger partial charge is 0.495 e. The van der Waals surface area contributed by atoms with E-state index in [1.807, 2.05) is 31.2 Å². The van der Waals surface area contributed by atoms with Crippen molar-refractivity contribution in [2.75, 3.05) is 18.2 Å². The molecule has 0 unspecified atom stereocenters. The molecule has 0 atom stereocenters. The molecule has 3 aromatic rings. The number of hydrogen-bond acceptors (Lipinski definition) is 5. The van der Waals surface area contributed by atoms with Gasteiger partial charge in [-0.05, 0) is 49.2 Å². The second-order valence-electron chi connectivity index (χ2n) is 6.78. The van der Waals surface area contributed by atoms with Gasteiger partial charge in [-0.3, -0.25) is 9.59 Å². The third kappa shape index (κ3) is 5.64. The zero-order valence-corrected chi connectivity index (χ0v) is 18.5. The van der Waals surface area contributed by atoms with Crippen LogP contribution < -0.4 is 15.6 Å². The summed E-state index contributed by atoms with van der Waals surface area (Å²) in [5, 5.41) is 3.89. The molecular weight excluding hydrogens is 422 g/mol. The molecule has 0 aliphatic rings. The number of hydrogen-bond donors (Lipinski definition) is 2. The predicted octanol–water partition coefficient (Wildman–Crippen LogP) is 4.37. The van der Waals surface area contributed by atoms with Crippen LogP contribution in [0.4, 0.5) is 5.69 Å². The fraction of sp³-hybridized carbons (Fsp3) is 0.227. The summed E-state index contributed by atoms with van der Waals surface area (Å²) in [6.07, 6.45) is 0.462. The summed E-state index contributed by atoms with van der Waals surface area (Å²) < 4.78 is 5.28. The molecule has 0 spiro atoms.